The first kappa shape index (κ1) is 32.3. The molecule has 256 valence electrons. The average Bonchev–Trinajstić information content (AvgIpc) is 3.63. The van der Waals surface area contributed by atoms with E-state index in [1.807, 2.05) is 11.8 Å². The Morgan fingerprint density at radius 3 is 1.76 bits per heavy atom. The molecule has 0 bridgehead atoms. The zero-order valence-electron chi connectivity index (χ0n) is 29.7. The molecule has 0 amide bonds. The fourth-order valence-corrected chi connectivity index (χ4v) is 9.36. The van der Waals surface area contributed by atoms with Crippen molar-refractivity contribution in [3.05, 3.63) is 218 Å². The molecule has 1 aliphatic heterocycles. The maximum atomic E-state index is 2.43. The van der Waals surface area contributed by atoms with Gasteiger partial charge in [0.05, 0.1) is 5.69 Å². The third-order valence-electron chi connectivity index (χ3n) is 10.8. The van der Waals surface area contributed by atoms with Gasteiger partial charge in [0.1, 0.15) is 0 Å². The topological polar surface area (TPSA) is 3.24 Å². The van der Waals surface area contributed by atoms with Gasteiger partial charge in [-0.3, -0.25) is 0 Å². The quantitative estimate of drug-likeness (QED) is 0.162. The monoisotopic (exact) mass is 707 g/mol. The minimum atomic E-state index is 0.413. The van der Waals surface area contributed by atoms with E-state index in [4.69, 9.17) is 0 Å². The van der Waals surface area contributed by atoms with Gasteiger partial charge in [0.15, 0.2) is 0 Å². The van der Waals surface area contributed by atoms with Gasteiger partial charge >= 0.3 is 0 Å². The predicted molar refractivity (Wildman–Crippen MR) is 231 cm³/mol. The van der Waals surface area contributed by atoms with Crippen LogP contribution in [-0.2, 0) is 0 Å². The van der Waals surface area contributed by atoms with Crippen LogP contribution in [0.25, 0.3) is 55.3 Å². The summed E-state index contributed by atoms with van der Waals surface area (Å²) in [5.74, 6) is 0.413. The lowest BCUT2D eigenvalue weighted by Gasteiger charge is -2.28. The number of anilines is 3. The Bertz CT molecular complexity index is 2690. The van der Waals surface area contributed by atoms with Crippen molar-refractivity contribution in [2.24, 2.45) is 0 Å². The second-order valence-electron chi connectivity index (χ2n) is 14.1. The molecule has 54 heavy (non-hydrogen) atoms. The lowest BCUT2D eigenvalue weighted by atomic mass is 9.90. The van der Waals surface area contributed by atoms with Gasteiger partial charge in [0.25, 0.3) is 0 Å². The van der Waals surface area contributed by atoms with Gasteiger partial charge in [-0.05, 0) is 110 Å². The number of benzene rings is 8. The first-order valence-electron chi connectivity index (χ1n) is 18.7. The van der Waals surface area contributed by atoms with E-state index in [1.165, 1.54) is 65.7 Å². The van der Waals surface area contributed by atoms with E-state index in [0.29, 0.717) is 11.2 Å². The average molecular weight is 708 g/mol. The number of allylic oxidation sites excluding steroid dienone is 3. The van der Waals surface area contributed by atoms with Gasteiger partial charge in [-0.2, -0.15) is 0 Å². The van der Waals surface area contributed by atoms with Crippen molar-refractivity contribution in [3.8, 4) is 44.5 Å². The Balaban J connectivity index is 1.04. The van der Waals surface area contributed by atoms with Crippen LogP contribution in [0.2, 0.25) is 0 Å². The molecule has 2 unspecified atom stereocenters. The number of nitrogens with zero attached hydrogens (tertiary/aromatic N) is 1. The summed E-state index contributed by atoms with van der Waals surface area (Å²) in [5, 5.41) is 2.99. The van der Waals surface area contributed by atoms with E-state index in [9.17, 15) is 0 Å². The SMILES string of the molecule is C1=CC2Sc3ccc(-c4ccccc4N(c4ccc(-c5ccccc5)cc4)c4ccc(-c5cccc(-c6ccc7ccccc7c6)c5)cc4)cc3C2C=C1. The Kier molecular flexibility index (Phi) is 8.31. The smallest absolute Gasteiger partial charge is 0.0540 e. The van der Waals surface area contributed by atoms with Crippen LogP contribution in [0.5, 0.6) is 0 Å². The van der Waals surface area contributed by atoms with Crippen LogP contribution in [0, 0.1) is 0 Å². The van der Waals surface area contributed by atoms with Crippen molar-refractivity contribution in [1.82, 2.24) is 0 Å². The van der Waals surface area contributed by atoms with Crippen LogP contribution < -0.4 is 4.90 Å². The van der Waals surface area contributed by atoms with Gasteiger partial charge < -0.3 is 4.90 Å². The highest BCUT2D eigenvalue weighted by Gasteiger charge is 2.31. The standard InChI is InChI=1S/C52H37NS/c1-2-11-36(12-3-1)38-23-28-45(29-24-38)53(50-19-8-6-17-47(50)44-27-32-52-49(35-44)48-18-7-9-20-51(48)54-52)46-30-25-39(26-31-46)41-15-10-16-42(33-41)43-22-21-37-13-4-5-14-40(37)34-43/h1-35,48,51H. The molecule has 1 aliphatic carbocycles. The maximum Gasteiger partial charge on any atom is 0.0540 e. The number of para-hydroxylation sites is 1. The fraction of sp³-hybridized carbons (Fsp3) is 0.0385. The molecular formula is C52H37NS. The van der Waals surface area contributed by atoms with Crippen LogP contribution >= 0.6 is 11.8 Å². The summed E-state index contributed by atoms with van der Waals surface area (Å²) in [6.45, 7) is 0. The summed E-state index contributed by atoms with van der Waals surface area (Å²) < 4.78 is 0. The molecule has 0 radical (unpaired) electrons. The van der Waals surface area contributed by atoms with E-state index in [2.05, 4.69) is 217 Å². The predicted octanol–water partition coefficient (Wildman–Crippen LogP) is 14.7. The second-order valence-corrected chi connectivity index (χ2v) is 15.3. The third-order valence-corrected chi connectivity index (χ3v) is 12.2. The van der Waals surface area contributed by atoms with E-state index in [1.54, 1.807) is 0 Å². The van der Waals surface area contributed by atoms with Crippen LogP contribution in [-0.4, -0.2) is 5.25 Å². The normalized spacial score (nSPS) is 15.6. The Labute approximate surface area is 321 Å². The summed E-state index contributed by atoms with van der Waals surface area (Å²) in [6, 6.07) is 68.7. The van der Waals surface area contributed by atoms with Gasteiger partial charge in [-0.15, -0.1) is 11.8 Å². The number of hydrogen-bond donors (Lipinski definition) is 0. The highest BCUT2D eigenvalue weighted by molar-refractivity contribution is 8.00. The molecule has 2 heteroatoms. The lowest BCUT2D eigenvalue weighted by Crippen LogP contribution is -2.11. The third kappa shape index (κ3) is 6.05. The molecule has 0 saturated carbocycles. The van der Waals surface area contributed by atoms with Crippen LogP contribution in [0.3, 0.4) is 0 Å². The molecule has 10 rings (SSSR count). The summed E-state index contributed by atoms with van der Waals surface area (Å²) in [4.78, 5) is 3.80. The first-order valence-corrected chi connectivity index (χ1v) is 19.5. The highest BCUT2D eigenvalue weighted by atomic mass is 32.2. The highest BCUT2D eigenvalue weighted by Crippen LogP contribution is 2.50. The van der Waals surface area contributed by atoms with Gasteiger partial charge in [0.2, 0.25) is 0 Å². The minimum Gasteiger partial charge on any atom is -0.310 e. The largest absolute Gasteiger partial charge is 0.310 e. The van der Waals surface area contributed by atoms with E-state index in [-0.39, 0.29) is 0 Å². The Morgan fingerprint density at radius 1 is 0.389 bits per heavy atom. The molecule has 8 aromatic rings. The van der Waals surface area contributed by atoms with Crippen molar-refractivity contribution in [3.63, 3.8) is 0 Å². The maximum absolute atomic E-state index is 2.43. The second kappa shape index (κ2) is 13.9. The van der Waals surface area contributed by atoms with E-state index < -0.39 is 0 Å². The van der Waals surface area contributed by atoms with Gasteiger partial charge in [-0.25, -0.2) is 0 Å². The minimum absolute atomic E-state index is 0.413. The molecule has 8 aromatic carbocycles. The van der Waals surface area contributed by atoms with Crippen molar-refractivity contribution in [1.29, 1.82) is 0 Å². The summed E-state index contributed by atoms with van der Waals surface area (Å²) in [5.41, 5.74) is 14.5. The molecule has 0 aromatic heterocycles. The van der Waals surface area contributed by atoms with Crippen molar-refractivity contribution in [2.75, 3.05) is 4.90 Å². The molecule has 0 spiro atoms. The van der Waals surface area contributed by atoms with E-state index in [0.717, 1.165) is 17.1 Å². The van der Waals surface area contributed by atoms with Crippen LogP contribution in [0.4, 0.5) is 17.1 Å². The van der Waals surface area contributed by atoms with Crippen molar-refractivity contribution in [2.45, 2.75) is 16.1 Å². The number of fused-ring (bicyclic) bond motifs is 4. The summed E-state index contributed by atoms with van der Waals surface area (Å²) >= 11 is 1.98. The molecule has 2 atom stereocenters. The Morgan fingerprint density at radius 2 is 0.963 bits per heavy atom. The molecular weight excluding hydrogens is 671 g/mol. The van der Waals surface area contributed by atoms with Crippen molar-refractivity contribution < 1.29 is 0 Å². The van der Waals surface area contributed by atoms with Gasteiger partial charge in [0, 0.05) is 33.0 Å². The lowest BCUT2D eigenvalue weighted by molar-refractivity contribution is 0.881. The number of rotatable bonds is 7. The molecule has 0 N–H and O–H groups in total. The summed E-state index contributed by atoms with van der Waals surface area (Å²) in [7, 11) is 0. The van der Waals surface area contributed by atoms with Gasteiger partial charge in [-0.1, -0.05) is 158 Å². The van der Waals surface area contributed by atoms with Crippen molar-refractivity contribution >= 4 is 39.6 Å². The number of thioether (sulfide) groups is 1. The zero-order valence-corrected chi connectivity index (χ0v) is 30.5. The fourth-order valence-electron chi connectivity index (χ4n) is 8.03. The summed E-state index contributed by atoms with van der Waals surface area (Å²) in [6.07, 6.45) is 9.08. The van der Waals surface area contributed by atoms with Crippen LogP contribution in [0.1, 0.15) is 11.5 Å². The molecule has 2 aliphatic rings. The molecule has 1 heterocycles. The molecule has 0 fully saturated rings. The zero-order chi connectivity index (χ0) is 35.8. The molecule has 0 saturated heterocycles. The number of hydrogen-bond acceptors (Lipinski definition) is 2. The first-order chi connectivity index (χ1) is 26.7. The van der Waals surface area contributed by atoms with E-state index >= 15 is 0 Å². The Hall–Kier alpha value is -6.35. The molecule has 1 nitrogen and oxygen atoms in total. The van der Waals surface area contributed by atoms with Crippen LogP contribution in [0.15, 0.2) is 217 Å².